The van der Waals surface area contributed by atoms with Crippen molar-refractivity contribution < 1.29 is 18.4 Å². The fourth-order valence-electron chi connectivity index (χ4n) is 2.09. The van der Waals surface area contributed by atoms with Crippen LogP contribution in [0.25, 0.3) is 0 Å². The van der Waals surface area contributed by atoms with Crippen molar-refractivity contribution in [1.82, 2.24) is 4.90 Å². The van der Waals surface area contributed by atoms with Crippen molar-refractivity contribution in [2.24, 2.45) is 0 Å². The smallest absolute Gasteiger partial charge is 0.327 e. The fourth-order valence-corrected chi connectivity index (χ4v) is 2.84. The average molecular weight is 273 g/mol. The van der Waals surface area contributed by atoms with Crippen LogP contribution in [-0.2, 0) is 16.0 Å². The highest BCUT2D eigenvalue weighted by Crippen LogP contribution is 2.32. The van der Waals surface area contributed by atoms with E-state index in [4.69, 9.17) is 0 Å². The van der Waals surface area contributed by atoms with Gasteiger partial charge in [0.25, 0.3) is 5.91 Å². The Morgan fingerprint density at radius 2 is 2.33 bits per heavy atom. The second kappa shape index (κ2) is 5.14. The summed E-state index contributed by atoms with van der Waals surface area (Å²) in [4.78, 5) is 24.3. The highest BCUT2D eigenvalue weighted by molar-refractivity contribution is 7.09. The lowest BCUT2D eigenvalue weighted by atomic mass is 10.2. The molecule has 18 heavy (non-hydrogen) atoms. The molecule has 98 valence electrons. The van der Waals surface area contributed by atoms with Crippen LogP contribution < -0.4 is 0 Å². The van der Waals surface area contributed by atoms with Crippen molar-refractivity contribution in [1.29, 1.82) is 0 Å². The van der Waals surface area contributed by atoms with E-state index in [1.165, 1.54) is 0 Å². The van der Waals surface area contributed by atoms with Crippen molar-refractivity contribution in [3.05, 3.63) is 22.4 Å². The molecule has 1 saturated heterocycles. The third-order valence-electron chi connectivity index (χ3n) is 3.00. The Bertz CT molecular complexity index is 433. The van der Waals surface area contributed by atoms with Crippen molar-refractivity contribution in [2.45, 2.75) is 31.2 Å². The zero-order valence-corrected chi connectivity index (χ0v) is 10.5. The number of halogens is 2. The summed E-state index contributed by atoms with van der Waals surface area (Å²) >= 11 is 1.59. The summed E-state index contributed by atoms with van der Waals surface area (Å²) in [6.07, 6.45) is 1.07. The van der Waals surface area contributed by atoms with Gasteiger partial charge < -0.3 is 9.69 Å². The number of carbonyl (C=O) groups excluding carboxylic acids is 2. The molecule has 1 amide bonds. The molecule has 1 aliphatic rings. The van der Waals surface area contributed by atoms with Gasteiger partial charge in [0, 0.05) is 17.8 Å². The molecule has 0 saturated carbocycles. The van der Waals surface area contributed by atoms with Crippen molar-refractivity contribution in [2.75, 3.05) is 6.54 Å². The molecule has 2 heterocycles. The first-order valence-corrected chi connectivity index (χ1v) is 6.59. The highest BCUT2D eigenvalue weighted by Gasteiger charge is 2.52. The Morgan fingerprint density at radius 3 is 2.94 bits per heavy atom. The van der Waals surface area contributed by atoms with Crippen LogP contribution in [0.3, 0.4) is 0 Å². The third-order valence-corrected chi connectivity index (χ3v) is 3.94. The zero-order valence-electron chi connectivity index (χ0n) is 9.64. The fraction of sp³-hybridized carbons (Fsp3) is 0.500. The van der Waals surface area contributed by atoms with Gasteiger partial charge in [-0.1, -0.05) is 6.07 Å². The monoisotopic (exact) mass is 273 g/mol. The molecule has 0 bridgehead atoms. The number of rotatable bonds is 5. The number of carbonyl (C=O) groups is 2. The van der Waals surface area contributed by atoms with Gasteiger partial charge in [0.15, 0.2) is 0 Å². The van der Waals surface area contributed by atoms with E-state index < -0.39 is 24.3 Å². The Morgan fingerprint density at radius 1 is 1.56 bits per heavy atom. The lowest BCUT2D eigenvalue weighted by molar-refractivity contribution is -0.148. The summed E-state index contributed by atoms with van der Waals surface area (Å²) in [5.74, 6) is -4.60. The number of amides is 1. The van der Waals surface area contributed by atoms with E-state index in [9.17, 15) is 18.4 Å². The minimum atomic E-state index is -3.38. The molecule has 0 radical (unpaired) electrons. The van der Waals surface area contributed by atoms with Crippen LogP contribution in [0.2, 0.25) is 0 Å². The van der Waals surface area contributed by atoms with E-state index in [0.29, 0.717) is 12.7 Å². The van der Waals surface area contributed by atoms with Crippen molar-refractivity contribution in [3.8, 4) is 0 Å². The van der Waals surface area contributed by atoms with Crippen LogP contribution >= 0.6 is 11.3 Å². The van der Waals surface area contributed by atoms with E-state index in [1.807, 2.05) is 17.5 Å². The molecule has 1 atom stereocenters. The molecule has 0 aliphatic carbocycles. The Kier molecular flexibility index (Phi) is 3.75. The topological polar surface area (TPSA) is 37.4 Å². The van der Waals surface area contributed by atoms with Gasteiger partial charge >= 0.3 is 5.92 Å². The predicted octanol–water partition coefficient (Wildman–Crippen LogP) is 2.12. The standard InChI is InChI=1S/C12H13F2NO2S/c13-12(14)7-9(8-16)15(11(12)17)5-1-3-10-4-2-6-18-10/h2,4,6,8-9H,1,3,5,7H2/t9-/m1/s1. The van der Waals surface area contributed by atoms with E-state index in [1.54, 1.807) is 11.3 Å². The number of likely N-dealkylation sites (tertiary alicyclic amines) is 1. The molecule has 0 aromatic carbocycles. The zero-order chi connectivity index (χ0) is 13.2. The molecule has 1 aromatic heterocycles. The largest absolute Gasteiger partial charge is 0.327 e. The van der Waals surface area contributed by atoms with Crippen molar-refractivity contribution in [3.63, 3.8) is 0 Å². The first-order chi connectivity index (χ1) is 8.54. The number of thiophene rings is 1. The van der Waals surface area contributed by atoms with Gasteiger partial charge in [-0.2, -0.15) is 8.78 Å². The number of aryl methyl sites for hydroxylation is 1. The summed E-state index contributed by atoms with van der Waals surface area (Å²) < 4.78 is 26.4. The second-order valence-corrected chi connectivity index (χ2v) is 5.33. The van der Waals surface area contributed by atoms with E-state index in [0.717, 1.165) is 16.2 Å². The molecule has 1 fully saturated rings. The minimum Gasteiger partial charge on any atom is -0.327 e. The normalized spacial score (nSPS) is 22.4. The Balaban J connectivity index is 1.91. The molecule has 0 spiro atoms. The van der Waals surface area contributed by atoms with Crippen molar-refractivity contribution >= 4 is 23.5 Å². The molecular weight excluding hydrogens is 260 g/mol. The number of nitrogens with zero attached hydrogens (tertiary/aromatic N) is 1. The van der Waals surface area contributed by atoms with Gasteiger partial charge in [-0.25, -0.2) is 0 Å². The van der Waals surface area contributed by atoms with E-state index in [2.05, 4.69) is 0 Å². The highest BCUT2D eigenvalue weighted by atomic mass is 32.1. The van der Waals surface area contributed by atoms with Gasteiger partial charge in [0.1, 0.15) is 6.29 Å². The molecule has 2 rings (SSSR count). The average Bonchev–Trinajstić information content (AvgIpc) is 2.90. The number of hydrogen-bond acceptors (Lipinski definition) is 3. The molecule has 0 N–H and O–H groups in total. The molecule has 1 aromatic rings. The summed E-state index contributed by atoms with van der Waals surface area (Å²) in [6, 6.07) is 2.90. The summed E-state index contributed by atoms with van der Waals surface area (Å²) in [5.41, 5.74) is 0. The summed E-state index contributed by atoms with van der Waals surface area (Å²) in [5, 5.41) is 1.94. The Hall–Kier alpha value is -1.30. The maximum atomic E-state index is 13.2. The lowest BCUT2D eigenvalue weighted by Gasteiger charge is -2.19. The Labute approximate surface area is 107 Å². The van der Waals surface area contributed by atoms with Crippen LogP contribution in [0.5, 0.6) is 0 Å². The van der Waals surface area contributed by atoms with Gasteiger partial charge in [0.2, 0.25) is 0 Å². The van der Waals surface area contributed by atoms with Crippen LogP contribution in [0.1, 0.15) is 17.7 Å². The maximum absolute atomic E-state index is 13.2. The number of alkyl halides is 2. The third kappa shape index (κ3) is 2.58. The summed E-state index contributed by atoms with van der Waals surface area (Å²) in [6.45, 7) is 0.204. The first kappa shape index (κ1) is 13.1. The molecule has 3 nitrogen and oxygen atoms in total. The van der Waals surface area contributed by atoms with Crippen LogP contribution in [0.4, 0.5) is 8.78 Å². The van der Waals surface area contributed by atoms with Gasteiger partial charge in [-0.15, -0.1) is 11.3 Å². The quantitative estimate of drug-likeness (QED) is 0.771. The SMILES string of the molecule is O=C[C@H]1CC(F)(F)C(=O)N1CCCc1cccs1. The minimum absolute atomic E-state index is 0.204. The first-order valence-electron chi connectivity index (χ1n) is 5.71. The second-order valence-electron chi connectivity index (χ2n) is 4.29. The molecule has 0 unspecified atom stereocenters. The van der Waals surface area contributed by atoms with E-state index >= 15 is 0 Å². The van der Waals surface area contributed by atoms with Crippen LogP contribution in [-0.4, -0.2) is 35.6 Å². The van der Waals surface area contributed by atoms with Crippen LogP contribution in [0, 0.1) is 0 Å². The maximum Gasteiger partial charge on any atom is 0.327 e. The molecular formula is C12H13F2NO2S. The summed E-state index contributed by atoms with van der Waals surface area (Å²) in [7, 11) is 0. The lowest BCUT2D eigenvalue weighted by Crippen LogP contribution is -2.37. The molecule has 6 heteroatoms. The number of aldehydes is 1. The molecule has 1 aliphatic heterocycles. The van der Waals surface area contributed by atoms with Gasteiger partial charge in [-0.05, 0) is 24.3 Å². The number of hydrogen-bond donors (Lipinski definition) is 0. The predicted molar refractivity (Wildman–Crippen MR) is 63.8 cm³/mol. The van der Waals surface area contributed by atoms with E-state index in [-0.39, 0.29) is 6.54 Å². The van der Waals surface area contributed by atoms with Crippen LogP contribution in [0.15, 0.2) is 17.5 Å². The van der Waals surface area contributed by atoms with Gasteiger partial charge in [-0.3, -0.25) is 4.79 Å². The van der Waals surface area contributed by atoms with Gasteiger partial charge in [0.05, 0.1) is 6.04 Å².